The molecule has 23 heavy (non-hydrogen) atoms. The van der Waals surface area contributed by atoms with Gasteiger partial charge in [0.2, 0.25) is 0 Å². The van der Waals surface area contributed by atoms with E-state index in [-0.39, 0.29) is 26.2 Å². The number of hydrogen-bond acceptors (Lipinski definition) is 0. The first-order valence-corrected chi connectivity index (χ1v) is 10.2. The summed E-state index contributed by atoms with van der Waals surface area (Å²) in [6, 6.07) is 0. The quantitative estimate of drug-likeness (QED) is 0.300. The molecule has 132 valence electrons. The first kappa shape index (κ1) is 25.9. The minimum atomic E-state index is 0. The Hall–Kier alpha value is 0.623. The van der Waals surface area contributed by atoms with Gasteiger partial charge in [0, 0.05) is 0 Å². The maximum Gasteiger partial charge on any atom is 4.00 e. The van der Waals surface area contributed by atoms with Gasteiger partial charge in [-0.25, -0.2) is 0 Å². The van der Waals surface area contributed by atoms with Crippen molar-refractivity contribution in [2.75, 3.05) is 0 Å². The molecule has 0 aliphatic heterocycles. The van der Waals surface area contributed by atoms with Crippen molar-refractivity contribution >= 4 is 0 Å². The molecule has 2 saturated carbocycles. The molecule has 0 N–H and O–H groups in total. The summed E-state index contributed by atoms with van der Waals surface area (Å²) in [5, 5.41) is 0. The van der Waals surface area contributed by atoms with Crippen LogP contribution in [0.2, 0.25) is 0 Å². The van der Waals surface area contributed by atoms with Gasteiger partial charge in [0.25, 0.3) is 0 Å². The van der Waals surface area contributed by atoms with Gasteiger partial charge >= 0.3 is 26.2 Å². The molecule has 2 aliphatic carbocycles. The monoisotopic (exact) mass is 396 g/mol. The molecule has 2 fully saturated rings. The Morgan fingerprint density at radius 1 is 0.739 bits per heavy atom. The normalized spacial score (nSPS) is 16.7. The van der Waals surface area contributed by atoms with E-state index in [0.717, 1.165) is 12.8 Å². The van der Waals surface area contributed by atoms with Gasteiger partial charge in [-0.1, -0.05) is 110 Å². The maximum absolute atomic E-state index is 3.92. The molecule has 1 heteroatoms. The SMILES string of the molecule is C1CCCC1.C1CCCC1.[CH2-]CC(=[C-]CCCC)CCCC.[Zr+4]. The number of hydrogen-bond donors (Lipinski definition) is 0. The van der Waals surface area contributed by atoms with E-state index in [0.29, 0.717) is 0 Å². The fraction of sp³-hybridized carbons (Fsp3) is 0.864. The summed E-state index contributed by atoms with van der Waals surface area (Å²) < 4.78 is 0. The Balaban J connectivity index is 0. The van der Waals surface area contributed by atoms with Crippen LogP contribution in [0.15, 0.2) is 5.57 Å². The zero-order chi connectivity index (χ0) is 16.3. The molecule has 2 rings (SSSR count). The molecule has 0 aromatic heterocycles. The fourth-order valence-electron chi connectivity index (χ4n) is 2.90. The topological polar surface area (TPSA) is 0 Å². The molecule has 0 nitrogen and oxygen atoms in total. The zero-order valence-electron chi connectivity index (χ0n) is 16.2. The Morgan fingerprint density at radius 2 is 1.13 bits per heavy atom. The van der Waals surface area contributed by atoms with Crippen LogP contribution >= 0.6 is 0 Å². The van der Waals surface area contributed by atoms with Crippen LogP contribution in [0, 0.1) is 13.0 Å². The molecule has 0 spiro atoms. The summed E-state index contributed by atoms with van der Waals surface area (Å²) >= 11 is 0. The van der Waals surface area contributed by atoms with Crippen LogP contribution in [0.4, 0.5) is 0 Å². The average Bonchev–Trinajstić information content (AvgIpc) is 3.29. The second-order valence-electron chi connectivity index (χ2n) is 6.77. The molecule has 0 radical (unpaired) electrons. The minimum absolute atomic E-state index is 0. The van der Waals surface area contributed by atoms with E-state index in [1.54, 1.807) is 0 Å². The Kier molecular flexibility index (Phi) is 25.4. The largest absolute Gasteiger partial charge is 4.00 e. The van der Waals surface area contributed by atoms with Crippen molar-refractivity contribution in [2.45, 2.75) is 123 Å². The van der Waals surface area contributed by atoms with Gasteiger partial charge in [0.05, 0.1) is 0 Å². The van der Waals surface area contributed by atoms with Gasteiger partial charge in [0.1, 0.15) is 0 Å². The molecule has 0 aromatic rings. The smallest absolute Gasteiger partial charge is 0.500 e. The maximum atomic E-state index is 3.92. The Morgan fingerprint density at radius 3 is 1.43 bits per heavy atom. The molecular weight excluding hydrogens is 355 g/mol. The van der Waals surface area contributed by atoms with Gasteiger partial charge in [-0.2, -0.15) is 12.8 Å². The van der Waals surface area contributed by atoms with Crippen molar-refractivity contribution < 1.29 is 26.2 Å². The molecule has 0 saturated heterocycles. The molecule has 0 heterocycles. The van der Waals surface area contributed by atoms with E-state index < -0.39 is 0 Å². The van der Waals surface area contributed by atoms with Crippen molar-refractivity contribution in [2.24, 2.45) is 0 Å². The van der Waals surface area contributed by atoms with Gasteiger partial charge in [-0.3, -0.25) is 5.57 Å². The summed E-state index contributed by atoms with van der Waals surface area (Å²) in [4.78, 5) is 0. The molecule has 0 aromatic carbocycles. The van der Waals surface area contributed by atoms with Gasteiger partial charge in [-0.15, -0.1) is 0 Å². The predicted molar refractivity (Wildman–Crippen MR) is 102 cm³/mol. The molecule has 0 amide bonds. The first-order chi connectivity index (χ1) is 10.8. The molecule has 0 unspecified atom stereocenters. The van der Waals surface area contributed by atoms with Gasteiger partial charge < -0.3 is 13.0 Å². The summed E-state index contributed by atoms with van der Waals surface area (Å²) in [6.45, 7) is 8.37. The number of allylic oxidation sites excluding steroid dienone is 2. The zero-order valence-corrected chi connectivity index (χ0v) is 18.7. The van der Waals surface area contributed by atoms with Crippen molar-refractivity contribution in [1.82, 2.24) is 0 Å². The fourth-order valence-corrected chi connectivity index (χ4v) is 2.90. The number of unbranched alkanes of at least 4 members (excludes halogenated alkanes) is 3. The minimum Gasteiger partial charge on any atom is -0.500 e. The Bertz CT molecular complexity index is 199. The first-order valence-electron chi connectivity index (χ1n) is 10.2. The third kappa shape index (κ3) is 20.6. The average molecular weight is 398 g/mol. The summed E-state index contributed by atoms with van der Waals surface area (Å²) in [5.41, 5.74) is 1.44. The third-order valence-electron chi connectivity index (χ3n) is 4.54. The van der Waals surface area contributed by atoms with E-state index in [1.165, 1.54) is 102 Å². The molecule has 0 atom stereocenters. The van der Waals surface area contributed by atoms with Gasteiger partial charge in [-0.05, 0) is 0 Å². The second-order valence-corrected chi connectivity index (χ2v) is 6.77. The van der Waals surface area contributed by atoms with Crippen LogP contribution in [-0.4, -0.2) is 0 Å². The third-order valence-corrected chi connectivity index (χ3v) is 4.54. The van der Waals surface area contributed by atoms with Crippen LogP contribution in [0.25, 0.3) is 0 Å². The van der Waals surface area contributed by atoms with Gasteiger partial charge in [0.15, 0.2) is 0 Å². The van der Waals surface area contributed by atoms with E-state index in [1.807, 2.05) is 0 Å². The summed E-state index contributed by atoms with van der Waals surface area (Å²) in [6.07, 6.45) is 26.9. The Labute approximate surface area is 167 Å². The van der Waals surface area contributed by atoms with E-state index in [4.69, 9.17) is 0 Å². The summed E-state index contributed by atoms with van der Waals surface area (Å²) in [7, 11) is 0. The van der Waals surface area contributed by atoms with Crippen molar-refractivity contribution in [3.63, 3.8) is 0 Å². The predicted octanol–water partition coefficient (Wildman–Crippen LogP) is 8.22. The van der Waals surface area contributed by atoms with Crippen LogP contribution in [0.3, 0.4) is 0 Å². The van der Waals surface area contributed by atoms with Crippen LogP contribution in [0.5, 0.6) is 0 Å². The van der Waals surface area contributed by atoms with Crippen molar-refractivity contribution in [3.05, 3.63) is 18.6 Å². The van der Waals surface area contributed by atoms with Crippen LogP contribution in [0.1, 0.15) is 123 Å². The molecule has 0 bridgehead atoms. The van der Waals surface area contributed by atoms with E-state index in [2.05, 4.69) is 26.8 Å². The molecule has 2 aliphatic rings. The van der Waals surface area contributed by atoms with E-state index in [9.17, 15) is 0 Å². The van der Waals surface area contributed by atoms with Crippen LogP contribution < -0.4 is 0 Å². The summed E-state index contributed by atoms with van der Waals surface area (Å²) in [5.74, 6) is 0. The standard InChI is InChI=1S/C12H22.2C5H10.Zr/c1-4-7-9-11-12(6-3)10-8-5-2;2*1-2-4-5-3-1;/h3-10H2,1-2H3;2*1-5H2;/q-2;;;+4. The molecular formula is C22H42Zr+2. The van der Waals surface area contributed by atoms with Crippen LogP contribution in [-0.2, 0) is 26.2 Å². The van der Waals surface area contributed by atoms with Crippen molar-refractivity contribution in [1.29, 1.82) is 0 Å². The number of rotatable bonds is 7. The van der Waals surface area contributed by atoms with Crippen molar-refractivity contribution in [3.8, 4) is 0 Å². The van der Waals surface area contributed by atoms with E-state index >= 15 is 0 Å². The second kappa shape index (κ2) is 22.6.